The molecule has 0 aliphatic carbocycles. The van der Waals surface area contributed by atoms with E-state index >= 15 is 0 Å². The lowest BCUT2D eigenvalue weighted by atomic mass is 10.0. The van der Waals surface area contributed by atoms with Crippen LogP contribution in [-0.2, 0) is 19.6 Å². The number of benzene rings is 1. The highest BCUT2D eigenvalue weighted by Gasteiger charge is 2.31. The zero-order valence-corrected chi connectivity index (χ0v) is 12.7. The summed E-state index contributed by atoms with van der Waals surface area (Å²) < 4.78 is 40.0. The predicted octanol–water partition coefficient (Wildman–Crippen LogP) is 4.02. The first-order chi connectivity index (χ1) is 9.77. The molecule has 0 radical (unpaired) electrons. The predicted molar refractivity (Wildman–Crippen MR) is 75.0 cm³/mol. The lowest BCUT2D eigenvalue weighted by Crippen LogP contribution is -2.08. The lowest BCUT2D eigenvalue weighted by Gasteiger charge is -2.10. The zero-order valence-electron chi connectivity index (χ0n) is 11.1. The third kappa shape index (κ3) is 3.93. The van der Waals surface area contributed by atoms with Crippen LogP contribution in [0.1, 0.15) is 27.9 Å². The van der Waals surface area contributed by atoms with Gasteiger partial charge in [-0.05, 0) is 30.2 Å². The van der Waals surface area contributed by atoms with Crippen LogP contribution >= 0.6 is 15.9 Å². The van der Waals surface area contributed by atoms with Crippen LogP contribution in [0.2, 0.25) is 0 Å². The molecule has 21 heavy (non-hydrogen) atoms. The van der Waals surface area contributed by atoms with Crippen LogP contribution in [0.15, 0.2) is 35.1 Å². The molecule has 2 aromatic rings. The molecule has 1 aromatic heterocycles. The van der Waals surface area contributed by atoms with E-state index in [4.69, 9.17) is 0 Å². The number of carbonyl (C=O) groups excluding carboxylic acids is 1. The molecule has 112 valence electrons. The summed E-state index contributed by atoms with van der Waals surface area (Å²) in [4.78, 5) is 12.1. The van der Waals surface area contributed by atoms with Gasteiger partial charge in [0.15, 0.2) is 5.78 Å². The summed E-state index contributed by atoms with van der Waals surface area (Å²) in [6.07, 6.45) is -0.483. The Morgan fingerprint density at radius 1 is 1.38 bits per heavy atom. The third-order valence-corrected chi connectivity index (χ3v) is 3.68. The van der Waals surface area contributed by atoms with Crippen molar-refractivity contribution < 1.29 is 18.0 Å². The minimum atomic E-state index is -4.46. The van der Waals surface area contributed by atoms with Crippen molar-refractivity contribution in [3.8, 4) is 0 Å². The second kappa shape index (κ2) is 6.01. The van der Waals surface area contributed by atoms with Crippen LogP contribution in [0.25, 0.3) is 0 Å². The van der Waals surface area contributed by atoms with Crippen LogP contribution in [-0.4, -0.2) is 15.6 Å². The number of halogens is 4. The number of aryl methyl sites for hydroxylation is 2. The van der Waals surface area contributed by atoms with E-state index in [0.717, 1.165) is 17.7 Å². The number of hydrogen-bond acceptors (Lipinski definition) is 2. The number of alkyl halides is 3. The van der Waals surface area contributed by atoms with Crippen molar-refractivity contribution >= 4 is 21.7 Å². The lowest BCUT2D eigenvalue weighted by molar-refractivity contribution is -0.137. The van der Waals surface area contributed by atoms with Gasteiger partial charge in [-0.2, -0.15) is 18.3 Å². The minimum Gasteiger partial charge on any atom is -0.294 e. The topological polar surface area (TPSA) is 34.9 Å². The smallest absolute Gasteiger partial charge is 0.294 e. The van der Waals surface area contributed by atoms with Gasteiger partial charge in [-0.1, -0.05) is 15.9 Å². The summed E-state index contributed by atoms with van der Waals surface area (Å²) in [6, 6.07) is 3.08. The van der Waals surface area contributed by atoms with Gasteiger partial charge in [0.1, 0.15) is 0 Å². The van der Waals surface area contributed by atoms with E-state index in [1.54, 1.807) is 24.1 Å². The number of Topliss-reactive ketones (excluding diaryl/α,β-unsaturated/α-hetero) is 1. The molecule has 7 heteroatoms. The fourth-order valence-electron chi connectivity index (χ4n) is 1.91. The molecule has 1 heterocycles. The summed E-state index contributed by atoms with van der Waals surface area (Å²) in [5, 5.41) is 3.98. The first kappa shape index (κ1) is 15.8. The van der Waals surface area contributed by atoms with Gasteiger partial charge in [0.2, 0.25) is 0 Å². The normalized spacial score (nSPS) is 11.7. The first-order valence-electron chi connectivity index (χ1n) is 6.15. The SMILES string of the molecule is Cn1cc(CCC(=O)c2cc(C(F)(F)F)ccc2Br)cn1. The molecule has 2 rings (SSSR count). The van der Waals surface area contributed by atoms with Crippen molar-refractivity contribution in [3.05, 3.63) is 51.8 Å². The minimum absolute atomic E-state index is 0.0497. The fraction of sp³-hybridized carbons (Fsp3) is 0.286. The highest BCUT2D eigenvalue weighted by molar-refractivity contribution is 9.10. The summed E-state index contributed by atoms with van der Waals surface area (Å²) >= 11 is 3.12. The maximum absolute atomic E-state index is 12.7. The Hall–Kier alpha value is -1.63. The Labute approximate surface area is 127 Å². The molecular formula is C14H12BrF3N2O. The average Bonchev–Trinajstić information content (AvgIpc) is 2.81. The van der Waals surface area contributed by atoms with Gasteiger partial charge < -0.3 is 0 Å². The number of ketones is 1. The van der Waals surface area contributed by atoms with Gasteiger partial charge in [0.05, 0.1) is 11.8 Å². The molecule has 0 bridgehead atoms. The van der Waals surface area contributed by atoms with Gasteiger partial charge in [-0.25, -0.2) is 0 Å². The number of aromatic nitrogens is 2. The molecule has 0 amide bonds. The molecule has 0 aliphatic rings. The quantitative estimate of drug-likeness (QED) is 0.772. The van der Waals surface area contributed by atoms with Crippen molar-refractivity contribution in [2.24, 2.45) is 7.05 Å². The largest absolute Gasteiger partial charge is 0.416 e. The third-order valence-electron chi connectivity index (χ3n) is 2.99. The van der Waals surface area contributed by atoms with Gasteiger partial charge >= 0.3 is 6.18 Å². The Balaban J connectivity index is 2.15. The molecule has 0 N–H and O–H groups in total. The molecule has 3 nitrogen and oxygen atoms in total. The molecule has 0 fully saturated rings. The van der Waals surface area contributed by atoms with Gasteiger partial charge in [0.25, 0.3) is 0 Å². The van der Waals surface area contributed by atoms with Crippen LogP contribution in [0, 0.1) is 0 Å². The van der Waals surface area contributed by atoms with E-state index in [2.05, 4.69) is 21.0 Å². The number of carbonyl (C=O) groups is 1. The monoisotopic (exact) mass is 360 g/mol. The highest BCUT2D eigenvalue weighted by Crippen LogP contribution is 2.32. The molecule has 0 unspecified atom stereocenters. The molecule has 0 saturated carbocycles. The first-order valence-corrected chi connectivity index (χ1v) is 6.94. The van der Waals surface area contributed by atoms with Gasteiger partial charge in [-0.15, -0.1) is 0 Å². The maximum Gasteiger partial charge on any atom is 0.416 e. The summed E-state index contributed by atoms with van der Waals surface area (Å²) in [5.41, 5.74) is 0.0955. The van der Waals surface area contributed by atoms with Crippen molar-refractivity contribution in [3.63, 3.8) is 0 Å². The van der Waals surface area contributed by atoms with Gasteiger partial charge in [0, 0.05) is 29.7 Å². The van der Waals surface area contributed by atoms with Gasteiger partial charge in [-0.3, -0.25) is 9.48 Å². The Morgan fingerprint density at radius 3 is 2.67 bits per heavy atom. The molecule has 1 aromatic carbocycles. The van der Waals surface area contributed by atoms with E-state index in [0.29, 0.717) is 10.9 Å². The van der Waals surface area contributed by atoms with E-state index in [9.17, 15) is 18.0 Å². The summed E-state index contributed by atoms with van der Waals surface area (Å²) in [5.74, 6) is -0.336. The summed E-state index contributed by atoms with van der Waals surface area (Å²) in [7, 11) is 1.76. The second-order valence-electron chi connectivity index (χ2n) is 4.64. The van der Waals surface area contributed by atoms with E-state index in [1.165, 1.54) is 6.07 Å². The number of hydrogen-bond donors (Lipinski definition) is 0. The van der Waals surface area contributed by atoms with Crippen LogP contribution in [0.3, 0.4) is 0 Å². The van der Waals surface area contributed by atoms with Crippen molar-refractivity contribution in [2.75, 3.05) is 0 Å². The molecule has 0 spiro atoms. The van der Waals surface area contributed by atoms with Crippen LogP contribution in [0.4, 0.5) is 13.2 Å². The summed E-state index contributed by atoms with van der Waals surface area (Å²) in [6.45, 7) is 0. The van der Waals surface area contributed by atoms with Crippen molar-refractivity contribution in [1.82, 2.24) is 9.78 Å². The molecule has 0 atom stereocenters. The molecular weight excluding hydrogens is 349 g/mol. The Morgan fingerprint density at radius 2 is 2.10 bits per heavy atom. The van der Waals surface area contributed by atoms with Crippen LogP contribution in [0.5, 0.6) is 0 Å². The number of rotatable bonds is 4. The van der Waals surface area contributed by atoms with Crippen LogP contribution < -0.4 is 0 Å². The maximum atomic E-state index is 12.7. The Kier molecular flexibility index (Phi) is 4.51. The zero-order chi connectivity index (χ0) is 15.6. The molecule has 0 saturated heterocycles. The van der Waals surface area contributed by atoms with E-state index < -0.39 is 11.7 Å². The van der Waals surface area contributed by atoms with E-state index in [1.807, 2.05) is 0 Å². The number of nitrogens with zero attached hydrogens (tertiary/aromatic N) is 2. The fourth-order valence-corrected chi connectivity index (χ4v) is 2.38. The standard InChI is InChI=1S/C14H12BrF3N2O/c1-20-8-9(7-19-20)2-5-13(21)11-6-10(14(16,17)18)3-4-12(11)15/h3-4,6-8H,2,5H2,1H3. The Bertz CT molecular complexity index is 664. The van der Waals surface area contributed by atoms with Crippen molar-refractivity contribution in [1.29, 1.82) is 0 Å². The molecule has 0 aliphatic heterocycles. The van der Waals surface area contributed by atoms with E-state index in [-0.39, 0.29) is 17.8 Å². The second-order valence-corrected chi connectivity index (χ2v) is 5.49. The highest BCUT2D eigenvalue weighted by atomic mass is 79.9. The average molecular weight is 361 g/mol. The van der Waals surface area contributed by atoms with Crippen molar-refractivity contribution in [2.45, 2.75) is 19.0 Å².